The monoisotopic (exact) mass is 418 g/mol. The maximum absolute atomic E-state index is 12.2. The molecule has 0 aliphatic rings. The van der Waals surface area contributed by atoms with Crippen LogP contribution in [0.3, 0.4) is 0 Å². The van der Waals surface area contributed by atoms with Crippen LogP contribution < -0.4 is 15.9 Å². The molecular weight excluding hydrogens is 391 g/mol. The SMILES string of the molecule is CCOC(=O)/C=C(/C=P(c1ccccc1)(c1ccccc1)c1ccccc1)OCC. The third kappa shape index (κ3) is 4.93. The number of hydrogen-bond acceptors (Lipinski definition) is 3. The second kappa shape index (κ2) is 10.7. The lowest BCUT2D eigenvalue weighted by Gasteiger charge is -2.29. The fourth-order valence-electron chi connectivity index (χ4n) is 3.43. The fraction of sp³-hybridized carbons (Fsp3) is 0.154. The molecule has 3 aromatic carbocycles. The van der Waals surface area contributed by atoms with Gasteiger partial charge in [-0.3, -0.25) is 0 Å². The standard InChI is InChI=1S/C26H27O3P/c1-3-28-22(20-26(27)29-4-2)21-30(23-14-8-5-9-15-23,24-16-10-6-11-17-24)25-18-12-7-13-19-25/h5-21H,3-4H2,1-2H3/b22-20-. The highest BCUT2D eigenvalue weighted by Crippen LogP contribution is 2.44. The number of ether oxygens (including phenoxy) is 2. The molecule has 0 saturated carbocycles. The molecule has 154 valence electrons. The Bertz CT molecular complexity index is 922. The number of esters is 1. The van der Waals surface area contributed by atoms with E-state index in [1.807, 2.05) is 25.1 Å². The van der Waals surface area contributed by atoms with Crippen LogP contribution in [0, 0.1) is 0 Å². The van der Waals surface area contributed by atoms with Crippen LogP contribution in [0.2, 0.25) is 0 Å². The van der Waals surface area contributed by atoms with Crippen molar-refractivity contribution in [2.45, 2.75) is 13.8 Å². The Labute approximate surface area is 179 Å². The lowest BCUT2D eigenvalue weighted by atomic mass is 10.4. The summed E-state index contributed by atoms with van der Waals surface area (Å²) >= 11 is 0. The predicted molar refractivity (Wildman–Crippen MR) is 128 cm³/mol. The summed E-state index contributed by atoms with van der Waals surface area (Å²) in [6, 6.07) is 31.3. The Morgan fingerprint density at radius 2 is 1.10 bits per heavy atom. The van der Waals surface area contributed by atoms with Crippen molar-refractivity contribution in [3.05, 3.63) is 103 Å². The molecule has 3 rings (SSSR count). The minimum atomic E-state index is -2.24. The van der Waals surface area contributed by atoms with Crippen molar-refractivity contribution < 1.29 is 14.3 Å². The van der Waals surface area contributed by atoms with Crippen molar-refractivity contribution in [2.75, 3.05) is 13.2 Å². The minimum absolute atomic E-state index is 0.324. The number of allylic oxidation sites excluding steroid dienone is 1. The normalized spacial score (nSPS) is 11.6. The van der Waals surface area contributed by atoms with Crippen molar-refractivity contribution in [3.8, 4) is 0 Å². The van der Waals surface area contributed by atoms with Gasteiger partial charge in [0.25, 0.3) is 0 Å². The summed E-state index contributed by atoms with van der Waals surface area (Å²) < 4.78 is 11.1. The molecule has 0 unspecified atom stereocenters. The highest BCUT2D eigenvalue weighted by atomic mass is 31.2. The van der Waals surface area contributed by atoms with E-state index in [0.29, 0.717) is 19.0 Å². The second-order valence-electron chi connectivity index (χ2n) is 6.59. The molecule has 0 radical (unpaired) electrons. The van der Waals surface area contributed by atoms with E-state index in [1.54, 1.807) is 6.92 Å². The summed E-state index contributed by atoms with van der Waals surface area (Å²) in [4.78, 5) is 12.2. The van der Waals surface area contributed by atoms with Crippen LogP contribution in [-0.4, -0.2) is 25.0 Å². The average molecular weight is 418 g/mol. The Morgan fingerprint density at radius 1 is 0.700 bits per heavy atom. The number of hydrogen-bond donors (Lipinski definition) is 0. The first-order chi connectivity index (χ1) is 14.7. The van der Waals surface area contributed by atoms with Gasteiger partial charge in [0, 0.05) is 0 Å². The smallest absolute Gasteiger partial charge is 0.334 e. The van der Waals surface area contributed by atoms with E-state index in [2.05, 4.69) is 78.6 Å². The van der Waals surface area contributed by atoms with Gasteiger partial charge in [0.15, 0.2) is 0 Å². The first-order valence-corrected chi connectivity index (χ1v) is 12.0. The van der Waals surface area contributed by atoms with Crippen LogP contribution >= 0.6 is 6.89 Å². The van der Waals surface area contributed by atoms with E-state index in [1.165, 1.54) is 22.0 Å². The van der Waals surface area contributed by atoms with Crippen molar-refractivity contribution in [1.29, 1.82) is 0 Å². The lowest BCUT2D eigenvalue weighted by molar-refractivity contribution is -0.137. The Morgan fingerprint density at radius 3 is 1.47 bits per heavy atom. The zero-order valence-corrected chi connectivity index (χ0v) is 18.3. The lowest BCUT2D eigenvalue weighted by Crippen LogP contribution is -2.27. The van der Waals surface area contributed by atoms with Crippen molar-refractivity contribution >= 4 is 34.6 Å². The van der Waals surface area contributed by atoms with E-state index >= 15 is 0 Å². The van der Waals surface area contributed by atoms with Crippen molar-refractivity contribution in [2.24, 2.45) is 0 Å². The van der Waals surface area contributed by atoms with Gasteiger partial charge in [-0.05, 0) is 42.4 Å². The third-order valence-electron chi connectivity index (χ3n) is 4.67. The average Bonchev–Trinajstić information content (AvgIpc) is 2.79. The number of carbonyl (C=O) groups is 1. The molecule has 0 aliphatic heterocycles. The van der Waals surface area contributed by atoms with Gasteiger partial charge in [-0.15, -0.1) is 0 Å². The van der Waals surface area contributed by atoms with Crippen LogP contribution in [0.25, 0.3) is 0 Å². The maximum Gasteiger partial charge on any atom is 0.334 e. The number of benzene rings is 3. The first kappa shape index (κ1) is 21.7. The summed E-state index contributed by atoms with van der Waals surface area (Å²) in [5, 5.41) is 3.57. The highest BCUT2D eigenvalue weighted by Gasteiger charge is 2.26. The van der Waals surface area contributed by atoms with Gasteiger partial charge >= 0.3 is 5.97 Å². The molecule has 4 heteroatoms. The molecule has 3 aromatic rings. The van der Waals surface area contributed by atoms with Gasteiger partial charge in [0.1, 0.15) is 5.76 Å². The fourth-order valence-corrected chi connectivity index (χ4v) is 7.23. The molecule has 0 fully saturated rings. The van der Waals surface area contributed by atoms with E-state index < -0.39 is 12.9 Å². The highest BCUT2D eigenvalue weighted by molar-refractivity contribution is 7.94. The van der Waals surface area contributed by atoms with Gasteiger partial charge in [0.2, 0.25) is 0 Å². The molecule has 0 amide bonds. The van der Waals surface area contributed by atoms with Crippen LogP contribution in [0.15, 0.2) is 103 Å². The zero-order chi connectivity index (χ0) is 21.2. The quantitative estimate of drug-likeness (QED) is 0.237. The first-order valence-electron chi connectivity index (χ1n) is 10.1. The van der Waals surface area contributed by atoms with Gasteiger partial charge in [-0.1, -0.05) is 91.0 Å². The summed E-state index contributed by atoms with van der Waals surface area (Å²) in [6.45, 7) is 2.26. The topological polar surface area (TPSA) is 35.5 Å². The summed E-state index contributed by atoms with van der Waals surface area (Å²) in [7, 11) is 0. The van der Waals surface area contributed by atoms with Crippen LogP contribution in [0.5, 0.6) is 0 Å². The second-order valence-corrected chi connectivity index (χ2v) is 9.84. The molecule has 0 bridgehead atoms. The van der Waals surface area contributed by atoms with Gasteiger partial charge in [-0.25, -0.2) is 4.79 Å². The summed E-state index contributed by atoms with van der Waals surface area (Å²) in [5.41, 5.74) is 0. The molecular formula is C26H27O3P. The maximum atomic E-state index is 12.2. The largest absolute Gasteiger partial charge is 0.494 e. The number of rotatable bonds is 8. The molecule has 0 aliphatic carbocycles. The summed E-state index contributed by atoms with van der Waals surface area (Å²) in [5.74, 6) is 2.26. The van der Waals surface area contributed by atoms with E-state index in [4.69, 9.17) is 9.47 Å². The number of carbonyl (C=O) groups excluding carboxylic acids is 1. The molecule has 0 aromatic heterocycles. The van der Waals surface area contributed by atoms with Crippen LogP contribution in [0.1, 0.15) is 13.8 Å². The summed E-state index contributed by atoms with van der Waals surface area (Å²) in [6.07, 6.45) is 1.45. The van der Waals surface area contributed by atoms with Gasteiger partial charge in [0.05, 0.1) is 19.3 Å². The van der Waals surface area contributed by atoms with Crippen LogP contribution in [-0.2, 0) is 14.3 Å². The van der Waals surface area contributed by atoms with Crippen molar-refractivity contribution in [3.63, 3.8) is 0 Å². The van der Waals surface area contributed by atoms with Gasteiger partial charge < -0.3 is 9.47 Å². The molecule has 3 nitrogen and oxygen atoms in total. The molecule has 30 heavy (non-hydrogen) atoms. The van der Waals surface area contributed by atoms with Crippen molar-refractivity contribution in [1.82, 2.24) is 0 Å². The Balaban J connectivity index is 2.38. The van der Waals surface area contributed by atoms with E-state index in [9.17, 15) is 4.79 Å². The molecule has 0 N–H and O–H groups in total. The molecule has 0 atom stereocenters. The predicted octanol–water partition coefficient (Wildman–Crippen LogP) is 4.27. The third-order valence-corrected chi connectivity index (χ3v) is 8.65. The Hall–Kier alpha value is -3.03. The Kier molecular flexibility index (Phi) is 7.70. The van der Waals surface area contributed by atoms with Crippen LogP contribution in [0.4, 0.5) is 0 Å². The molecule has 0 heterocycles. The van der Waals surface area contributed by atoms with Gasteiger partial charge in [-0.2, -0.15) is 0 Å². The molecule has 0 saturated heterocycles. The zero-order valence-electron chi connectivity index (χ0n) is 17.4. The van der Waals surface area contributed by atoms with E-state index in [-0.39, 0.29) is 0 Å². The minimum Gasteiger partial charge on any atom is -0.494 e. The van der Waals surface area contributed by atoms with E-state index in [0.717, 1.165) is 0 Å². The molecule has 0 spiro atoms.